The molecule has 1 heterocycles. The second-order valence-corrected chi connectivity index (χ2v) is 7.74. The summed E-state index contributed by atoms with van der Waals surface area (Å²) < 4.78 is 0. The van der Waals surface area contributed by atoms with E-state index in [0.29, 0.717) is 0 Å². The topological polar surface area (TPSA) is 51.3 Å². The summed E-state index contributed by atoms with van der Waals surface area (Å²) >= 11 is 0. The van der Waals surface area contributed by atoms with Gasteiger partial charge in [0, 0.05) is 22.2 Å². The number of hydrogen-bond acceptors (Lipinski definition) is 3. The minimum absolute atomic E-state index is 0.722. The average molecular weight is 394 g/mol. The molecule has 0 fully saturated rings. The molecule has 150 valence electrons. The molecule has 4 aromatic rings. The maximum absolute atomic E-state index is 5.93. The van der Waals surface area contributed by atoms with Crippen LogP contribution in [0.25, 0.3) is 27.4 Å². The molecule has 0 saturated carbocycles. The number of nitrogen functional groups attached to an aromatic ring is 1. The normalized spacial score (nSPS) is 11.9. The van der Waals surface area contributed by atoms with Gasteiger partial charge in [0.2, 0.25) is 0 Å². The van der Waals surface area contributed by atoms with Crippen molar-refractivity contribution in [2.24, 2.45) is 4.99 Å². The lowest BCUT2D eigenvalue weighted by molar-refractivity contribution is 1.13. The van der Waals surface area contributed by atoms with Gasteiger partial charge >= 0.3 is 0 Å². The van der Waals surface area contributed by atoms with Gasteiger partial charge in [0.25, 0.3) is 0 Å². The van der Waals surface area contributed by atoms with Crippen molar-refractivity contribution in [3.63, 3.8) is 0 Å². The molecule has 4 rings (SSSR count). The highest BCUT2D eigenvalue weighted by Gasteiger charge is 2.07. The van der Waals surface area contributed by atoms with Crippen molar-refractivity contribution in [1.82, 2.24) is 4.98 Å². The van der Waals surface area contributed by atoms with Crippen molar-refractivity contribution in [3.05, 3.63) is 83.9 Å². The van der Waals surface area contributed by atoms with E-state index < -0.39 is 0 Å². The van der Waals surface area contributed by atoms with Crippen LogP contribution in [0.3, 0.4) is 0 Å². The maximum atomic E-state index is 5.93. The van der Waals surface area contributed by atoms with Gasteiger partial charge < -0.3 is 5.73 Å². The number of aliphatic imine (C=N–C) groups is 1. The summed E-state index contributed by atoms with van der Waals surface area (Å²) in [7, 11) is 0. The Morgan fingerprint density at radius 1 is 0.900 bits per heavy atom. The Morgan fingerprint density at radius 3 is 2.33 bits per heavy atom. The van der Waals surface area contributed by atoms with E-state index in [4.69, 9.17) is 15.7 Å². The van der Waals surface area contributed by atoms with Crippen molar-refractivity contribution < 1.29 is 0 Å². The highest BCUT2D eigenvalue weighted by molar-refractivity contribution is 6.02. The summed E-state index contributed by atoms with van der Waals surface area (Å²) in [6, 6.07) is 20.8. The standard InChI is InChI=1S/C27H27N3/c1-5-17(3)22-11-19(6-2)12-23(14-22)18(4)29-25-10-8-21-13-20-7-9-24(28)15-26(20)30-27(21)16-25/h7-16H,3,5-6,28H2,1-2,4H3/b29-18-. The van der Waals surface area contributed by atoms with Crippen molar-refractivity contribution in [3.8, 4) is 0 Å². The van der Waals surface area contributed by atoms with E-state index in [0.717, 1.165) is 62.9 Å². The van der Waals surface area contributed by atoms with Crippen molar-refractivity contribution in [2.45, 2.75) is 33.6 Å². The summed E-state index contributed by atoms with van der Waals surface area (Å²) in [5, 5.41) is 2.18. The first-order chi connectivity index (χ1) is 14.5. The van der Waals surface area contributed by atoms with Crippen LogP contribution in [0.5, 0.6) is 0 Å². The second-order valence-electron chi connectivity index (χ2n) is 7.74. The molecular formula is C27H27N3. The van der Waals surface area contributed by atoms with Crippen LogP contribution in [0.1, 0.15) is 43.9 Å². The third-order valence-electron chi connectivity index (χ3n) is 5.57. The molecule has 1 aromatic heterocycles. The van der Waals surface area contributed by atoms with Gasteiger partial charge in [-0.15, -0.1) is 0 Å². The molecular weight excluding hydrogens is 366 g/mol. The number of nitrogens with zero attached hydrogens (tertiary/aromatic N) is 2. The van der Waals surface area contributed by atoms with Crippen molar-refractivity contribution >= 4 is 44.5 Å². The lowest BCUT2D eigenvalue weighted by atomic mass is 9.96. The number of hydrogen-bond donors (Lipinski definition) is 1. The second kappa shape index (κ2) is 8.11. The summed E-state index contributed by atoms with van der Waals surface area (Å²) in [4.78, 5) is 9.70. The van der Waals surface area contributed by atoms with Gasteiger partial charge in [0.05, 0.1) is 16.7 Å². The van der Waals surface area contributed by atoms with Gasteiger partial charge in [-0.2, -0.15) is 0 Å². The first kappa shape index (κ1) is 19.8. The molecule has 0 aliphatic carbocycles. The summed E-state index contributed by atoms with van der Waals surface area (Å²) in [6.45, 7) is 10.6. The van der Waals surface area contributed by atoms with E-state index in [2.05, 4.69) is 57.7 Å². The highest BCUT2D eigenvalue weighted by Crippen LogP contribution is 2.26. The molecule has 30 heavy (non-hydrogen) atoms. The number of benzene rings is 3. The lowest BCUT2D eigenvalue weighted by Crippen LogP contribution is -1.98. The molecule has 3 nitrogen and oxygen atoms in total. The molecule has 0 bridgehead atoms. The molecule has 3 aromatic carbocycles. The Balaban J connectivity index is 1.76. The number of anilines is 1. The summed E-state index contributed by atoms with van der Waals surface area (Å²) in [6.07, 6.45) is 1.93. The quantitative estimate of drug-likeness (QED) is 0.223. The fourth-order valence-electron chi connectivity index (χ4n) is 3.67. The lowest BCUT2D eigenvalue weighted by Gasteiger charge is -2.10. The van der Waals surface area contributed by atoms with Crippen LogP contribution < -0.4 is 5.73 Å². The number of aryl methyl sites for hydroxylation is 1. The Kier molecular flexibility index (Phi) is 5.37. The summed E-state index contributed by atoms with van der Waals surface area (Å²) in [5.41, 5.74) is 15.1. The molecule has 2 N–H and O–H groups in total. The molecule has 0 atom stereocenters. The number of pyridine rings is 1. The number of rotatable bonds is 5. The van der Waals surface area contributed by atoms with Gasteiger partial charge in [-0.1, -0.05) is 38.6 Å². The first-order valence-electron chi connectivity index (χ1n) is 10.4. The SMILES string of the molecule is C=C(CC)c1cc(CC)cc(/C(C)=N\c2ccc3cc4ccc(N)cc4nc3c2)c1. The van der Waals surface area contributed by atoms with E-state index in [1.165, 1.54) is 11.1 Å². The molecule has 0 aliphatic heterocycles. The van der Waals surface area contributed by atoms with Gasteiger partial charge in [-0.05, 0) is 84.5 Å². The van der Waals surface area contributed by atoms with Crippen LogP contribution in [0.15, 0.2) is 72.2 Å². The minimum Gasteiger partial charge on any atom is -0.399 e. The Labute approximate surface area is 178 Å². The summed E-state index contributed by atoms with van der Waals surface area (Å²) in [5.74, 6) is 0. The van der Waals surface area contributed by atoms with E-state index in [1.54, 1.807) is 0 Å². The molecule has 0 aliphatic rings. The smallest absolute Gasteiger partial charge is 0.0731 e. The third-order valence-corrected chi connectivity index (χ3v) is 5.57. The maximum Gasteiger partial charge on any atom is 0.0731 e. The molecule has 3 heteroatoms. The highest BCUT2D eigenvalue weighted by atomic mass is 14.8. The fourth-order valence-corrected chi connectivity index (χ4v) is 3.67. The van der Waals surface area contributed by atoms with E-state index in [-0.39, 0.29) is 0 Å². The van der Waals surface area contributed by atoms with Gasteiger partial charge in [0.1, 0.15) is 0 Å². The van der Waals surface area contributed by atoms with Crippen LogP contribution in [-0.4, -0.2) is 10.7 Å². The predicted molar refractivity (Wildman–Crippen MR) is 131 cm³/mol. The van der Waals surface area contributed by atoms with E-state index in [1.807, 2.05) is 30.3 Å². The van der Waals surface area contributed by atoms with Crippen LogP contribution >= 0.6 is 0 Å². The fraction of sp³-hybridized carbons (Fsp3) is 0.185. The molecule has 0 radical (unpaired) electrons. The van der Waals surface area contributed by atoms with Gasteiger partial charge in [-0.3, -0.25) is 4.99 Å². The Bertz CT molecular complexity index is 1300. The first-order valence-corrected chi connectivity index (χ1v) is 10.4. The Morgan fingerprint density at radius 2 is 1.60 bits per heavy atom. The molecule has 0 amide bonds. The number of allylic oxidation sites excluding steroid dienone is 1. The molecule has 0 unspecified atom stereocenters. The van der Waals surface area contributed by atoms with Gasteiger partial charge in [-0.25, -0.2) is 4.98 Å². The van der Waals surface area contributed by atoms with Crippen molar-refractivity contribution in [2.75, 3.05) is 5.73 Å². The zero-order valence-electron chi connectivity index (χ0n) is 17.9. The number of aromatic nitrogens is 1. The average Bonchev–Trinajstić information content (AvgIpc) is 2.76. The van der Waals surface area contributed by atoms with Crippen LogP contribution in [-0.2, 0) is 6.42 Å². The molecule has 0 spiro atoms. The van der Waals surface area contributed by atoms with Crippen LogP contribution in [0.4, 0.5) is 11.4 Å². The monoisotopic (exact) mass is 393 g/mol. The zero-order chi connectivity index (χ0) is 21.3. The zero-order valence-corrected chi connectivity index (χ0v) is 17.9. The van der Waals surface area contributed by atoms with E-state index in [9.17, 15) is 0 Å². The predicted octanol–water partition coefficient (Wildman–Crippen LogP) is 7.10. The minimum atomic E-state index is 0.722. The van der Waals surface area contributed by atoms with Crippen LogP contribution in [0.2, 0.25) is 0 Å². The number of nitrogens with two attached hydrogens (primary N) is 1. The van der Waals surface area contributed by atoms with Crippen LogP contribution in [0, 0.1) is 0 Å². The Hall–Kier alpha value is -3.46. The molecule has 0 saturated heterocycles. The third kappa shape index (κ3) is 3.97. The largest absolute Gasteiger partial charge is 0.399 e. The van der Waals surface area contributed by atoms with E-state index >= 15 is 0 Å². The van der Waals surface area contributed by atoms with Crippen molar-refractivity contribution in [1.29, 1.82) is 0 Å². The number of fused-ring (bicyclic) bond motifs is 2. The van der Waals surface area contributed by atoms with Gasteiger partial charge in [0.15, 0.2) is 0 Å².